The molecule has 0 aliphatic carbocycles. The summed E-state index contributed by atoms with van der Waals surface area (Å²) in [6, 6.07) is 9.87. The molecule has 2 heterocycles. The van der Waals surface area contributed by atoms with E-state index in [9.17, 15) is 14.9 Å². The van der Waals surface area contributed by atoms with Crippen molar-refractivity contribution < 1.29 is 9.72 Å². The van der Waals surface area contributed by atoms with E-state index >= 15 is 0 Å². The third kappa shape index (κ3) is 4.34. The number of nitrogens with zero attached hydrogens (tertiary/aromatic N) is 4. The molecule has 0 radical (unpaired) electrons. The van der Waals surface area contributed by atoms with Gasteiger partial charge in [-0.1, -0.05) is 29.3 Å². The zero-order chi connectivity index (χ0) is 22.8. The summed E-state index contributed by atoms with van der Waals surface area (Å²) < 4.78 is 0. The quantitative estimate of drug-likeness (QED) is 0.430. The normalized spacial score (nSPS) is 15.5. The van der Waals surface area contributed by atoms with E-state index in [1.165, 1.54) is 12.3 Å². The molecule has 1 atom stereocenters. The molecular formula is C22H21Cl2N5O3. The number of carbonyl (C=O) groups is 1. The smallest absolute Gasteiger partial charge is 0.278 e. The molecule has 1 aromatic heterocycles. The van der Waals surface area contributed by atoms with Crippen molar-refractivity contribution in [2.75, 3.05) is 36.4 Å². The Labute approximate surface area is 194 Å². The van der Waals surface area contributed by atoms with Gasteiger partial charge in [0.25, 0.3) is 5.69 Å². The Morgan fingerprint density at radius 3 is 2.59 bits per heavy atom. The van der Waals surface area contributed by atoms with Crippen LogP contribution in [0.15, 0.2) is 48.8 Å². The topological polar surface area (TPSA) is 91.6 Å². The Kier molecular flexibility index (Phi) is 6.45. The first-order valence-corrected chi connectivity index (χ1v) is 10.9. The number of hydrogen-bond donors (Lipinski definition) is 1. The Bertz CT molecular complexity index is 1180. The van der Waals surface area contributed by atoms with Gasteiger partial charge in [0.1, 0.15) is 0 Å². The predicted octanol–water partition coefficient (Wildman–Crippen LogP) is 4.60. The minimum Gasteiger partial charge on any atom is -0.368 e. The zero-order valence-corrected chi connectivity index (χ0v) is 18.8. The molecule has 32 heavy (non-hydrogen) atoms. The Hall–Kier alpha value is -2.94. The van der Waals surface area contributed by atoms with Crippen LogP contribution in [0.1, 0.15) is 6.92 Å². The van der Waals surface area contributed by atoms with Crippen molar-refractivity contribution >= 4 is 56.9 Å². The third-order valence-electron chi connectivity index (χ3n) is 5.76. The van der Waals surface area contributed by atoms with E-state index in [0.29, 0.717) is 47.3 Å². The number of rotatable bonds is 5. The molecule has 0 saturated carbocycles. The van der Waals surface area contributed by atoms with Crippen LogP contribution in [0, 0.1) is 10.1 Å². The van der Waals surface area contributed by atoms with Crippen LogP contribution in [0.2, 0.25) is 10.0 Å². The van der Waals surface area contributed by atoms with Gasteiger partial charge >= 0.3 is 0 Å². The lowest BCUT2D eigenvalue weighted by atomic mass is 10.1. The maximum atomic E-state index is 12.8. The Morgan fingerprint density at radius 1 is 1.12 bits per heavy atom. The van der Waals surface area contributed by atoms with Crippen molar-refractivity contribution in [2.45, 2.75) is 13.0 Å². The maximum absolute atomic E-state index is 12.8. The van der Waals surface area contributed by atoms with Gasteiger partial charge in [-0.15, -0.1) is 0 Å². The van der Waals surface area contributed by atoms with E-state index in [2.05, 4.69) is 20.1 Å². The second kappa shape index (κ2) is 9.28. The summed E-state index contributed by atoms with van der Waals surface area (Å²) in [4.78, 5) is 32.1. The summed E-state index contributed by atoms with van der Waals surface area (Å²) in [6.07, 6.45) is 3.17. The number of pyridine rings is 1. The SMILES string of the molecule is C[C@H](C(=O)Nc1cccc(Cl)c1Cl)N1CCN(c2ccc([N+](=O)[O-])c3cnccc23)CC1. The van der Waals surface area contributed by atoms with Gasteiger partial charge in [-0.25, -0.2) is 0 Å². The number of piperazine rings is 1. The number of hydrogen-bond acceptors (Lipinski definition) is 6. The van der Waals surface area contributed by atoms with Crippen molar-refractivity contribution in [3.63, 3.8) is 0 Å². The number of halogens is 2. The van der Waals surface area contributed by atoms with Gasteiger partial charge in [-0.05, 0) is 31.2 Å². The van der Waals surface area contributed by atoms with E-state index in [-0.39, 0.29) is 17.6 Å². The first-order valence-electron chi connectivity index (χ1n) is 10.1. The highest BCUT2D eigenvalue weighted by molar-refractivity contribution is 6.44. The molecule has 10 heteroatoms. The number of anilines is 2. The van der Waals surface area contributed by atoms with Gasteiger partial charge in [0.15, 0.2) is 0 Å². The average molecular weight is 474 g/mol. The van der Waals surface area contributed by atoms with E-state index in [4.69, 9.17) is 23.2 Å². The molecule has 2 aromatic carbocycles. The minimum absolute atomic E-state index is 0.0421. The molecule has 8 nitrogen and oxygen atoms in total. The Morgan fingerprint density at radius 2 is 1.88 bits per heavy atom. The van der Waals surface area contributed by atoms with Crippen molar-refractivity contribution in [3.8, 4) is 0 Å². The fourth-order valence-electron chi connectivity index (χ4n) is 3.95. The fourth-order valence-corrected chi connectivity index (χ4v) is 4.30. The van der Waals surface area contributed by atoms with Crippen LogP contribution in [0.25, 0.3) is 10.8 Å². The van der Waals surface area contributed by atoms with Crippen LogP contribution >= 0.6 is 23.2 Å². The van der Waals surface area contributed by atoms with Crippen molar-refractivity contribution in [1.82, 2.24) is 9.88 Å². The summed E-state index contributed by atoms with van der Waals surface area (Å²) in [7, 11) is 0. The van der Waals surface area contributed by atoms with Gasteiger partial charge in [0.2, 0.25) is 5.91 Å². The van der Waals surface area contributed by atoms with Crippen LogP contribution in [0.4, 0.5) is 17.1 Å². The second-order valence-electron chi connectivity index (χ2n) is 7.57. The molecule has 1 fully saturated rings. The van der Waals surface area contributed by atoms with Crippen molar-refractivity contribution in [1.29, 1.82) is 0 Å². The van der Waals surface area contributed by atoms with E-state index in [1.54, 1.807) is 36.5 Å². The summed E-state index contributed by atoms with van der Waals surface area (Å²) in [6.45, 7) is 4.56. The van der Waals surface area contributed by atoms with Crippen LogP contribution < -0.4 is 10.2 Å². The van der Waals surface area contributed by atoms with Crippen molar-refractivity contribution in [2.24, 2.45) is 0 Å². The molecule has 1 aliphatic heterocycles. The molecule has 3 aromatic rings. The van der Waals surface area contributed by atoms with E-state index in [0.717, 1.165) is 11.1 Å². The molecule has 4 rings (SSSR count). The number of fused-ring (bicyclic) bond motifs is 1. The van der Waals surface area contributed by atoms with Crippen LogP contribution in [0.3, 0.4) is 0 Å². The summed E-state index contributed by atoms with van der Waals surface area (Å²) in [5, 5.41) is 16.2. The number of nitro benzene ring substituents is 1. The number of carbonyl (C=O) groups excluding carboxylic acids is 1. The molecule has 1 saturated heterocycles. The van der Waals surface area contributed by atoms with Crippen LogP contribution in [0.5, 0.6) is 0 Å². The number of aromatic nitrogens is 1. The molecule has 166 valence electrons. The molecule has 0 spiro atoms. The molecular weight excluding hydrogens is 453 g/mol. The average Bonchev–Trinajstić information content (AvgIpc) is 2.80. The number of nitro groups is 1. The lowest BCUT2D eigenvalue weighted by molar-refractivity contribution is -0.383. The highest BCUT2D eigenvalue weighted by Crippen LogP contribution is 2.34. The summed E-state index contributed by atoms with van der Waals surface area (Å²) in [5.41, 5.74) is 1.46. The lowest BCUT2D eigenvalue weighted by Gasteiger charge is -2.39. The monoisotopic (exact) mass is 473 g/mol. The highest BCUT2D eigenvalue weighted by atomic mass is 35.5. The first-order chi connectivity index (χ1) is 15.4. The number of benzene rings is 2. The molecule has 0 bridgehead atoms. The predicted molar refractivity (Wildman–Crippen MR) is 127 cm³/mol. The third-order valence-corrected chi connectivity index (χ3v) is 6.58. The van der Waals surface area contributed by atoms with Gasteiger partial charge < -0.3 is 10.2 Å². The van der Waals surface area contributed by atoms with Gasteiger partial charge in [-0.3, -0.25) is 24.8 Å². The molecule has 1 aliphatic rings. The zero-order valence-electron chi connectivity index (χ0n) is 17.3. The van der Waals surface area contributed by atoms with Gasteiger partial charge in [-0.2, -0.15) is 0 Å². The fraction of sp³-hybridized carbons (Fsp3) is 0.273. The Balaban J connectivity index is 1.45. The largest absolute Gasteiger partial charge is 0.368 e. The van der Waals surface area contributed by atoms with E-state index in [1.807, 2.05) is 6.92 Å². The maximum Gasteiger partial charge on any atom is 0.278 e. The summed E-state index contributed by atoms with van der Waals surface area (Å²) in [5.74, 6) is -0.158. The standard InChI is InChI=1S/C22H21Cl2N5O3/c1-14(22(30)26-18-4-2-3-17(23)21(18)24)27-9-11-28(12-10-27)19-5-6-20(29(31)32)16-13-25-8-7-15(16)19/h2-8,13-14H,9-12H2,1H3,(H,26,30)/t14-/m1/s1. The number of amides is 1. The lowest BCUT2D eigenvalue weighted by Crippen LogP contribution is -2.52. The molecule has 0 unspecified atom stereocenters. The van der Waals surface area contributed by atoms with Crippen LogP contribution in [-0.2, 0) is 4.79 Å². The highest BCUT2D eigenvalue weighted by Gasteiger charge is 2.27. The number of non-ortho nitro benzene ring substituents is 1. The first kappa shape index (κ1) is 22.3. The van der Waals surface area contributed by atoms with Gasteiger partial charge in [0, 0.05) is 55.7 Å². The second-order valence-corrected chi connectivity index (χ2v) is 8.36. The molecule has 1 amide bonds. The van der Waals surface area contributed by atoms with E-state index < -0.39 is 4.92 Å². The van der Waals surface area contributed by atoms with Crippen LogP contribution in [-0.4, -0.2) is 52.9 Å². The molecule has 1 N–H and O–H groups in total. The van der Waals surface area contributed by atoms with Gasteiger partial charge in [0.05, 0.1) is 32.1 Å². The van der Waals surface area contributed by atoms with Crippen molar-refractivity contribution in [3.05, 3.63) is 69.0 Å². The number of nitrogens with one attached hydrogen (secondary N) is 1. The summed E-state index contributed by atoms with van der Waals surface area (Å²) >= 11 is 12.2. The minimum atomic E-state index is -0.391.